The van der Waals surface area contributed by atoms with Gasteiger partial charge >= 0.3 is 5.97 Å². The largest absolute Gasteiger partial charge is 0.478 e. The molecule has 0 aromatic heterocycles. The van der Waals surface area contributed by atoms with Crippen LogP contribution in [-0.2, 0) is 14.3 Å². The van der Waals surface area contributed by atoms with Crippen molar-refractivity contribution in [3.8, 4) is 0 Å². The van der Waals surface area contributed by atoms with Gasteiger partial charge in [-0.05, 0) is 6.42 Å². The first-order valence-electron chi connectivity index (χ1n) is 4.42. The maximum absolute atomic E-state index is 10.6. The highest BCUT2D eigenvalue weighted by molar-refractivity contribution is 5.86. The van der Waals surface area contributed by atoms with Gasteiger partial charge in [-0.25, -0.2) is 4.79 Å². The van der Waals surface area contributed by atoms with Crippen LogP contribution in [-0.4, -0.2) is 30.1 Å². The third kappa shape index (κ3) is 1.59. The van der Waals surface area contributed by atoms with Crippen molar-refractivity contribution in [2.24, 2.45) is 0 Å². The molecule has 1 fully saturated rings. The molecule has 72 valence electrons. The van der Waals surface area contributed by atoms with Gasteiger partial charge in [-0.3, -0.25) is 0 Å². The Balaban J connectivity index is 2.06. The second kappa shape index (κ2) is 3.12. The minimum atomic E-state index is -0.826. The first-order chi connectivity index (χ1) is 6.22. The first-order valence-corrected chi connectivity index (χ1v) is 4.42. The quantitative estimate of drug-likeness (QED) is 0.658. The van der Waals surface area contributed by atoms with E-state index in [1.807, 2.05) is 0 Å². The minimum Gasteiger partial charge on any atom is -0.478 e. The zero-order chi connectivity index (χ0) is 9.31. The van der Waals surface area contributed by atoms with Crippen LogP contribution in [0.5, 0.6) is 0 Å². The fraction of sp³-hybridized carbons (Fsp3) is 0.667. The van der Waals surface area contributed by atoms with Crippen LogP contribution >= 0.6 is 0 Å². The van der Waals surface area contributed by atoms with Gasteiger partial charge in [0.15, 0.2) is 5.79 Å². The Kier molecular flexibility index (Phi) is 2.09. The Morgan fingerprint density at radius 2 is 2.15 bits per heavy atom. The number of hydrogen-bond donors (Lipinski definition) is 1. The fourth-order valence-corrected chi connectivity index (χ4v) is 1.76. The number of carboxylic acids is 1. The van der Waals surface area contributed by atoms with Gasteiger partial charge in [-0.15, -0.1) is 0 Å². The number of hydrogen-bond acceptors (Lipinski definition) is 3. The van der Waals surface area contributed by atoms with Crippen LogP contribution in [0.4, 0.5) is 0 Å². The molecular weight excluding hydrogens is 172 g/mol. The van der Waals surface area contributed by atoms with Crippen LogP contribution in [0.1, 0.15) is 19.3 Å². The predicted molar refractivity (Wildman–Crippen MR) is 44.2 cm³/mol. The van der Waals surface area contributed by atoms with E-state index in [0.29, 0.717) is 38.0 Å². The van der Waals surface area contributed by atoms with Gasteiger partial charge in [0.1, 0.15) is 0 Å². The summed E-state index contributed by atoms with van der Waals surface area (Å²) in [4.78, 5) is 10.6. The second-order valence-corrected chi connectivity index (χ2v) is 3.35. The smallest absolute Gasteiger partial charge is 0.331 e. The molecule has 4 nitrogen and oxygen atoms in total. The predicted octanol–water partition coefficient (Wildman–Crippen LogP) is 0.924. The lowest BCUT2D eigenvalue weighted by atomic mass is 9.94. The highest BCUT2D eigenvalue weighted by Gasteiger charge is 2.38. The van der Waals surface area contributed by atoms with Gasteiger partial charge in [-0.2, -0.15) is 0 Å². The maximum atomic E-state index is 10.6. The Morgan fingerprint density at radius 3 is 2.62 bits per heavy atom. The van der Waals surface area contributed by atoms with E-state index in [9.17, 15) is 4.79 Å². The molecule has 0 saturated carbocycles. The highest BCUT2D eigenvalue weighted by Crippen LogP contribution is 2.34. The summed E-state index contributed by atoms with van der Waals surface area (Å²) in [6.07, 6.45) is 3.46. The van der Waals surface area contributed by atoms with Gasteiger partial charge in [0.05, 0.1) is 13.2 Å². The third-order valence-corrected chi connectivity index (χ3v) is 2.52. The van der Waals surface area contributed by atoms with Crippen molar-refractivity contribution in [3.63, 3.8) is 0 Å². The molecule has 0 amide bonds. The molecule has 1 N–H and O–H groups in total. The Hall–Kier alpha value is -0.870. The van der Waals surface area contributed by atoms with Crippen molar-refractivity contribution < 1.29 is 19.4 Å². The summed E-state index contributed by atoms with van der Waals surface area (Å²) >= 11 is 0. The van der Waals surface area contributed by atoms with Crippen molar-refractivity contribution in [2.45, 2.75) is 25.0 Å². The van der Waals surface area contributed by atoms with Crippen molar-refractivity contribution in [3.05, 3.63) is 11.6 Å². The van der Waals surface area contributed by atoms with Crippen molar-refractivity contribution in [2.75, 3.05) is 13.2 Å². The summed E-state index contributed by atoms with van der Waals surface area (Å²) in [5.74, 6) is -1.33. The monoisotopic (exact) mass is 184 g/mol. The molecular formula is C9H12O4. The molecule has 1 aliphatic heterocycles. The molecule has 1 saturated heterocycles. The minimum absolute atomic E-state index is 0.477. The number of rotatable bonds is 1. The SMILES string of the molecule is O=C(O)C1=CCC2(CC1)OCCO2. The topological polar surface area (TPSA) is 55.8 Å². The summed E-state index contributed by atoms with van der Waals surface area (Å²) in [6, 6.07) is 0. The van der Waals surface area contributed by atoms with E-state index in [0.717, 1.165) is 0 Å². The number of aliphatic carboxylic acids is 1. The maximum Gasteiger partial charge on any atom is 0.331 e. The first kappa shape index (κ1) is 8.72. The summed E-state index contributed by atoms with van der Waals surface area (Å²) in [7, 11) is 0. The lowest BCUT2D eigenvalue weighted by Gasteiger charge is -2.29. The summed E-state index contributed by atoms with van der Waals surface area (Å²) < 4.78 is 10.9. The number of carbonyl (C=O) groups is 1. The molecule has 2 aliphatic rings. The molecule has 0 bridgehead atoms. The van der Waals surface area contributed by atoms with Gasteiger partial charge in [0.25, 0.3) is 0 Å². The molecule has 2 rings (SSSR count). The third-order valence-electron chi connectivity index (χ3n) is 2.52. The summed E-state index contributed by atoms with van der Waals surface area (Å²) in [5, 5.41) is 8.72. The van der Waals surface area contributed by atoms with Gasteiger partial charge in [0.2, 0.25) is 0 Å². The van der Waals surface area contributed by atoms with E-state index in [1.54, 1.807) is 6.08 Å². The zero-order valence-corrected chi connectivity index (χ0v) is 7.28. The van der Waals surface area contributed by atoms with Crippen LogP contribution in [0.2, 0.25) is 0 Å². The van der Waals surface area contributed by atoms with Crippen molar-refractivity contribution in [1.82, 2.24) is 0 Å². The van der Waals surface area contributed by atoms with Crippen LogP contribution in [0, 0.1) is 0 Å². The van der Waals surface area contributed by atoms with Crippen LogP contribution in [0.15, 0.2) is 11.6 Å². The standard InChI is InChI=1S/C9H12O4/c10-8(11)7-1-3-9(4-2-7)12-5-6-13-9/h1H,2-6H2,(H,10,11). The lowest BCUT2D eigenvalue weighted by Crippen LogP contribution is -2.32. The van der Waals surface area contributed by atoms with E-state index in [2.05, 4.69) is 0 Å². The molecule has 0 aromatic carbocycles. The molecule has 0 atom stereocenters. The molecule has 0 radical (unpaired) electrons. The fourth-order valence-electron chi connectivity index (χ4n) is 1.76. The van der Waals surface area contributed by atoms with E-state index >= 15 is 0 Å². The Bertz CT molecular complexity index is 250. The number of ether oxygens (including phenoxy) is 2. The molecule has 1 spiro atoms. The molecule has 4 heteroatoms. The van der Waals surface area contributed by atoms with Gasteiger partial charge in [0, 0.05) is 18.4 Å². The van der Waals surface area contributed by atoms with E-state index < -0.39 is 11.8 Å². The Morgan fingerprint density at radius 1 is 1.46 bits per heavy atom. The van der Waals surface area contributed by atoms with E-state index in [-0.39, 0.29) is 0 Å². The van der Waals surface area contributed by atoms with E-state index in [1.165, 1.54) is 0 Å². The molecule has 0 unspecified atom stereocenters. The Labute approximate surface area is 76.1 Å². The van der Waals surface area contributed by atoms with Crippen molar-refractivity contribution >= 4 is 5.97 Å². The lowest BCUT2D eigenvalue weighted by molar-refractivity contribution is -0.162. The van der Waals surface area contributed by atoms with Crippen LogP contribution in [0.3, 0.4) is 0 Å². The van der Waals surface area contributed by atoms with Gasteiger partial charge in [-0.1, -0.05) is 6.08 Å². The van der Waals surface area contributed by atoms with Crippen LogP contribution in [0.25, 0.3) is 0 Å². The van der Waals surface area contributed by atoms with E-state index in [4.69, 9.17) is 14.6 Å². The highest BCUT2D eigenvalue weighted by atomic mass is 16.7. The van der Waals surface area contributed by atoms with Crippen molar-refractivity contribution in [1.29, 1.82) is 0 Å². The zero-order valence-electron chi connectivity index (χ0n) is 7.28. The normalized spacial score (nSPS) is 26.0. The summed E-state index contributed by atoms with van der Waals surface area (Å²) in [6.45, 7) is 1.24. The average molecular weight is 184 g/mol. The molecule has 13 heavy (non-hydrogen) atoms. The molecule has 1 heterocycles. The van der Waals surface area contributed by atoms with Crippen LogP contribution < -0.4 is 0 Å². The van der Waals surface area contributed by atoms with Gasteiger partial charge < -0.3 is 14.6 Å². The average Bonchev–Trinajstić information content (AvgIpc) is 2.54. The molecule has 1 aliphatic carbocycles. The number of carboxylic acid groups (broad SMARTS) is 1. The second-order valence-electron chi connectivity index (χ2n) is 3.35. The molecule has 0 aromatic rings. The summed E-state index contributed by atoms with van der Waals surface area (Å²) in [5.41, 5.74) is 0.477.